The molecule has 5 heteroatoms. The maximum absolute atomic E-state index is 12.5. The fourth-order valence-corrected chi connectivity index (χ4v) is 3.91. The number of amides is 1. The van der Waals surface area contributed by atoms with Crippen molar-refractivity contribution in [3.05, 3.63) is 59.7 Å². The summed E-state index contributed by atoms with van der Waals surface area (Å²) in [7, 11) is 0. The van der Waals surface area contributed by atoms with Crippen molar-refractivity contribution < 1.29 is 4.79 Å². The lowest BCUT2D eigenvalue weighted by atomic mass is 9.96. The molecule has 1 aliphatic heterocycles. The van der Waals surface area contributed by atoms with Crippen molar-refractivity contribution in [2.24, 2.45) is 5.92 Å². The van der Waals surface area contributed by atoms with Crippen LogP contribution in [-0.4, -0.2) is 35.5 Å². The van der Waals surface area contributed by atoms with E-state index in [1.165, 1.54) is 11.1 Å². The van der Waals surface area contributed by atoms with E-state index in [1.54, 1.807) is 0 Å². The van der Waals surface area contributed by atoms with E-state index in [-0.39, 0.29) is 11.8 Å². The van der Waals surface area contributed by atoms with Crippen LogP contribution in [0.4, 0.5) is 5.95 Å². The number of aromatic nitrogens is 2. The van der Waals surface area contributed by atoms with Crippen LogP contribution in [0.3, 0.4) is 0 Å². The number of aromatic amines is 1. The summed E-state index contributed by atoms with van der Waals surface area (Å²) in [6.07, 6.45) is 3.74. The molecule has 2 aromatic carbocycles. The lowest BCUT2D eigenvalue weighted by molar-refractivity contribution is -0.125. The number of H-pyrrole nitrogens is 1. The summed E-state index contributed by atoms with van der Waals surface area (Å²) >= 11 is 0. The average molecular weight is 377 g/mol. The molecule has 1 aliphatic rings. The predicted molar refractivity (Wildman–Crippen MR) is 114 cm³/mol. The van der Waals surface area contributed by atoms with Gasteiger partial charge in [0.2, 0.25) is 11.9 Å². The van der Waals surface area contributed by atoms with Crippen molar-refractivity contribution in [3.63, 3.8) is 0 Å². The quantitative estimate of drug-likeness (QED) is 0.643. The van der Waals surface area contributed by atoms with E-state index >= 15 is 0 Å². The molecule has 0 aliphatic carbocycles. The summed E-state index contributed by atoms with van der Waals surface area (Å²) in [5, 5.41) is 3.12. The molecule has 0 atom stereocenters. The van der Waals surface area contributed by atoms with E-state index in [4.69, 9.17) is 4.98 Å². The number of nitrogens with one attached hydrogen (secondary N) is 2. The van der Waals surface area contributed by atoms with E-state index in [0.717, 1.165) is 62.3 Å². The number of anilines is 1. The van der Waals surface area contributed by atoms with Gasteiger partial charge in [-0.2, -0.15) is 0 Å². The monoisotopic (exact) mass is 376 g/mol. The number of carbonyl (C=O) groups excluding carboxylic acids is 1. The van der Waals surface area contributed by atoms with Crippen molar-refractivity contribution in [3.8, 4) is 0 Å². The Morgan fingerprint density at radius 3 is 2.75 bits per heavy atom. The average Bonchev–Trinajstić information content (AvgIpc) is 3.15. The summed E-state index contributed by atoms with van der Waals surface area (Å²) in [6, 6.07) is 16.7. The highest BCUT2D eigenvalue weighted by molar-refractivity contribution is 5.80. The second-order valence-electron chi connectivity index (χ2n) is 7.72. The summed E-state index contributed by atoms with van der Waals surface area (Å²) in [4.78, 5) is 22.9. The maximum Gasteiger partial charge on any atom is 0.223 e. The molecule has 0 bridgehead atoms. The largest absolute Gasteiger partial charge is 0.356 e. The van der Waals surface area contributed by atoms with Gasteiger partial charge in [0.05, 0.1) is 11.0 Å². The molecule has 4 rings (SSSR count). The van der Waals surface area contributed by atoms with Crippen LogP contribution in [-0.2, 0) is 11.2 Å². The molecule has 2 heterocycles. The number of aryl methyl sites for hydroxylation is 2. The fraction of sp³-hybridized carbons (Fsp3) is 0.391. The van der Waals surface area contributed by atoms with Crippen molar-refractivity contribution in [2.75, 3.05) is 24.5 Å². The molecule has 3 aromatic rings. The molecular formula is C23H28N4O. The first-order chi connectivity index (χ1) is 13.7. The van der Waals surface area contributed by atoms with Gasteiger partial charge in [0.15, 0.2) is 0 Å². The summed E-state index contributed by atoms with van der Waals surface area (Å²) < 4.78 is 0. The molecule has 5 nitrogen and oxygen atoms in total. The molecule has 0 spiro atoms. The third kappa shape index (κ3) is 4.35. The molecule has 2 N–H and O–H groups in total. The van der Waals surface area contributed by atoms with Gasteiger partial charge in [-0.25, -0.2) is 4.98 Å². The Morgan fingerprint density at radius 1 is 1.18 bits per heavy atom. The van der Waals surface area contributed by atoms with Gasteiger partial charge in [0.1, 0.15) is 0 Å². The molecule has 0 unspecified atom stereocenters. The minimum Gasteiger partial charge on any atom is -0.356 e. The lowest BCUT2D eigenvalue weighted by Gasteiger charge is -2.31. The second kappa shape index (κ2) is 8.46. The highest BCUT2D eigenvalue weighted by Crippen LogP contribution is 2.24. The van der Waals surface area contributed by atoms with Gasteiger partial charge in [0.25, 0.3) is 0 Å². The molecular weight excluding hydrogens is 348 g/mol. The van der Waals surface area contributed by atoms with E-state index in [1.807, 2.05) is 6.07 Å². The Hall–Kier alpha value is -2.82. The lowest BCUT2D eigenvalue weighted by Crippen LogP contribution is -2.41. The van der Waals surface area contributed by atoms with Gasteiger partial charge in [0, 0.05) is 25.6 Å². The Balaban J connectivity index is 1.23. The second-order valence-corrected chi connectivity index (χ2v) is 7.72. The SMILES string of the molecule is Cc1ccc2nc(N3CCC(C(=O)NCCCc4ccccc4)CC3)[nH]c2c1. The van der Waals surface area contributed by atoms with Gasteiger partial charge in [-0.3, -0.25) is 4.79 Å². The number of hydrogen-bond donors (Lipinski definition) is 2. The van der Waals surface area contributed by atoms with E-state index in [9.17, 15) is 4.79 Å². The zero-order valence-electron chi connectivity index (χ0n) is 16.4. The number of hydrogen-bond acceptors (Lipinski definition) is 3. The summed E-state index contributed by atoms with van der Waals surface area (Å²) in [5.41, 5.74) is 4.63. The third-order valence-corrected chi connectivity index (χ3v) is 5.57. The van der Waals surface area contributed by atoms with Crippen LogP contribution in [0.1, 0.15) is 30.4 Å². The first kappa shape index (κ1) is 18.5. The molecule has 1 amide bonds. The van der Waals surface area contributed by atoms with Gasteiger partial charge in [-0.05, 0) is 55.9 Å². The van der Waals surface area contributed by atoms with Gasteiger partial charge in [-0.1, -0.05) is 36.4 Å². The van der Waals surface area contributed by atoms with Crippen LogP contribution >= 0.6 is 0 Å². The van der Waals surface area contributed by atoms with Crippen LogP contribution < -0.4 is 10.2 Å². The number of imidazole rings is 1. The Bertz CT molecular complexity index is 926. The van der Waals surface area contributed by atoms with Crippen molar-refractivity contribution in [1.82, 2.24) is 15.3 Å². The molecule has 0 radical (unpaired) electrons. The summed E-state index contributed by atoms with van der Waals surface area (Å²) in [6.45, 7) is 4.56. The smallest absolute Gasteiger partial charge is 0.223 e. The van der Waals surface area contributed by atoms with Crippen molar-refractivity contribution in [2.45, 2.75) is 32.6 Å². The molecule has 1 saturated heterocycles. The van der Waals surface area contributed by atoms with E-state index in [0.29, 0.717) is 0 Å². The minimum atomic E-state index is 0.111. The fourth-order valence-electron chi connectivity index (χ4n) is 3.91. The van der Waals surface area contributed by atoms with Gasteiger partial charge in [-0.15, -0.1) is 0 Å². The normalized spacial score (nSPS) is 15.1. The summed E-state index contributed by atoms with van der Waals surface area (Å²) in [5.74, 6) is 1.23. The number of fused-ring (bicyclic) bond motifs is 1. The number of benzene rings is 2. The molecule has 146 valence electrons. The predicted octanol–water partition coefficient (Wildman–Crippen LogP) is 3.84. The van der Waals surface area contributed by atoms with E-state index in [2.05, 4.69) is 64.6 Å². The van der Waals surface area contributed by atoms with Gasteiger partial charge >= 0.3 is 0 Å². The highest BCUT2D eigenvalue weighted by atomic mass is 16.1. The molecule has 1 aromatic heterocycles. The van der Waals surface area contributed by atoms with Crippen molar-refractivity contribution in [1.29, 1.82) is 0 Å². The Labute approximate surface area is 166 Å². The zero-order valence-corrected chi connectivity index (χ0v) is 16.4. The third-order valence-electron chi connectivity index (χ3n) is 5.57. The topological polar surface area (TPSA) is 61.0 Å². The Morgan fingerprint density at radius 2 is 1.96 bits per heavy atom. The van der Waals surface area contributed by atoms with Crippen LogP contribution in [0.5, 0.6) is 0 Å². The first-order valence-electron chi connectivity index (χ1n) is 10.2. The number of nitrogens with zero attached hydrogens (tertiary/aromatic N) is 2. The first-order valence-corrected chi connectivity index (χ1v) is 10.2. The molecule has 1 fully saturated rings. The molecule has 0 saturated carbocycles. The zero-order chi connectivity index (χ0) is 19.3. The van der Waals surface area contributed by atoms with Gasteiger partial charge < -0.3 is 15.2 Å². The number of piperidine rings is 1. The number of carbonyl (C=O) groups is 1. The van der Waals surface area contributed by atoms with Crippen LogP contribution in [0.25, 0.3) is 11.0 Å². The minimum absolute atomic E-state index is 0.111. The Kier molecular flexibility index (Phi) is 5.60. The standard InChI is InChI=1S/C23H28N4O/c1-17-9-10-20-21(16-17)26-23(25-20)27-14-11-19(12-15-27)22(28)24-13-5-8-18-6-3-2-4-7-18/h2-4,6-7,9-10,16,19H,5,8,11-15H2,1H3,(H,24,28)(H,25,26). The maximum atomic E-state index is 12.5. The van der Waals surface area contributed by atoms with E-state index < -0.39 is 0 Å². The number of rotatable bonds is 6. The van der Waals surface area contributed by atoms with Crippen LogP contribution in [0.2, 0.25) is 0 Å². The highest BCUT2D eigenvalue weighted by Gasteiger charge is 2.26. The van der Waals surface area contributed by atoms with Crippen LogP contribution in [0.15, 0.2) is 48.5 Å². The van der Waals surface area contributed by atoms with Crippen molar-refractivity contribution >= 4 is 22.9 Å². The molecule has 28 heavy (non-hydrogen) atoms. The van der Waals surface area contributed by atoms with Crippen LogP contribution in [0, 0.1) is 12.8 Å².